The maximum Gasteiger partial charge on any atom is 0.266 e. The second-order valence-corrected chi connectivity index (χ2v) is 8.31. The Labute approximate surface area is 172 Å². The van der Waals surface area contributed by atoms with Crippen molar-refractivity contribution in [1.29, 1.82) is 0 Å². The Morgan fingerprint density at radius 1 is 1.18 bits per heavy atom. The van der Waals surface area contributed by atoms with Crippen LogP contribution >= 0.6 is 23.1 Å². The van der Waals surface area contributed by atoms with Crippen LogP contribution in [0.15, 0.2) is 47.4 Å². The summed E-state index contributed by atoms with van der Waals surface area (Å²) in [5.41, 5.74) is 0.875. The molecule has 0 radical (unpaired) electrons. The molecule has 2 aromatic carbocycles. The van der Waals surface area contributed by atoms with E-state index in [9.17, 15) is 9.18 Å². The van der Waals surface area contributed by atoms with Crippen LogP contribution in [0, 0.1) is 5.82 Å². The highest BCUT2D eigenvalue weighted by Gasteiger charge is 2.20. The van der Waals surface area contributed by atoms with Gasteiger partial charge in [-0.15, -0.1) is 11.8 Å². The zero-order valence-corrected chi connectivity index (χ0v) is 17.6. The number of aromatic nitrogens is 1. The Morgan fingerprint density at radius 3 is 2.61 bits per heavy atom. The lowest BCUT2D eigenvalue weighted by molar-refractivity contribution is -0.120. The number of fused-ring (bicyclic) bond motifs is 1. The molecule has 0 saturated heterocycles. The van der Waals surface area contributed by atoms with Gasteiger partial charge in [-0.25, -0.2) is 9.37 Å². The second kappa shape index (κ2) is 9.36. The van der Waals surface area contributed by atoms with Crippen LogP contribution < -0.4 is 9.64 Å². The van der Waals surface area contributed by atoms with E-state index in [1.54, 1.807) is 16.7 Å². The van der Waals surface area contributed by atoms with E-state index in [2.05, 4.69) is 11.1 Å². The Bertz CT molecular complexity index is 944. The third-order valence-electron chi connectivity index (χ3n) is 4.06. The number of amides is 1. The zero-order chi connectivity index (χ0) is 20.1. The van der Waals surface area contributed by atoms with Crippen molar-refractivity contribution in [3.63, 3.8) is 0 Å². The van der Waals surface area contributed by atoms with Crippen molar-refractivity contribution in [1.82, 2.24) is 9.88 Å². The van der Waals surface area contributed by atoms with Gasteiger partial charge in [-0.05, 0) is 62.8 Å². The van der Waals surface area contributed by atoms with Crippen molar-refractivity contribution in [3.05, 3.63) is 48.3 Å². The standard InChI is InChI=1S/C20H22FN3O2S2/c1-23(2)10-11-24(19(25)13-26-15-6-4-14(21)5-7-15)20-22-17-9-8-16(27-3)12-18(17)28-20/h4-9,12H,10-11,13H2,1-3H3. The third kappa shape index (κ3) is 5.21. The van der Waals surface area contributed by atoms with E-state index >= 15 is 0 Å². The summed E-state index contributed by atoms with van der Waals surface area (Å²) >= 11 is 3.17. The topological polar surface area (TPSA) is 45.7 Å². The molecule has 5 nitrogen and oxygen atoms in total. The molecule has 1 heterocycles. The molecule has 0 unspecified atom stereocenters. The fourth-order valence-electron chi connectivity index (χ4n) is 2.52. The Hall–Kier alpha value is -2.16. The monoisotopic (exact) mass is 419 g/mol. The minimum Gasteiger partial charge on any atom is -0.484 e. The van der Waals surface area contributed by atoms with Crippen LogP contribution in [0.5, 0.6) is 5.75 Å². The van der Waals surface area contributed by atoms with Gasteiger partial charge in [-0.2, -0.15) is 0 Å². The van der Waals surface area contributed by atoms with Gasteiger partial charge in [0.05, 0.1) is 10.2 Å². The van der Waals surface area contributed by atoms with Crippen LogP contribution in [0.4, 0.5) is 9.52 Å². The zero-order valence-electron chi connectivity index (χ0n) is 16.0. The third-order valence-corrected chi connectivity index (χ3v) is 5.83. The first-order valence-electron chi connectivity index (χ1n) is 8.74. The maximum absolute atomic E-state index is 13.0. The van der Waals surface area contributed by atoms with Crippen LogP contribution in [-0.4, -0.2) is 55.8 Å². The van der Waals surface area contributed by atoms with Crippen LogP contribution in [-0.2, 0) is 4.79 Å². The molecule has 0 spiro atoms. The number of likely N-dealkylation sites (N-methyl/N-ethyl adjacent to an activating group) is 1. The average Bonchev–Trinajstić information content (AvgIpc) is 3.10. The summed E-state index contributed by atoms with van der Waals surface area (Å²) in [7, 11) is 3.92. The van der Waals surface area contributed by atoms with E-state index in [4.69, 9.17) is 4.74 Å². The molecule has 0 aliphatic rings. The summed E-state index contributed by atoms with van der Waals surface area (Å²) < 4.78 is 19.6. The van der Waals surface area contributed by atoms with Crippen LogP contribution in [0.3, 0.4) is 0 Å². The van der Waals surface area contributed by atoms with Gasteiger partial charge in [0, 0.05) is 18.0 Å². The first-order valence-corrected chi connectivity index (χ1v) is 10.8. The quantitative estimate of drug-likeness (QED) is 0.514. The predicted octanol–water partition coefficient (Wildman–Crippen LogP) is 4.13. The number of thioether (sulfide) groups is 1. The molecule has 3 aromatic rings. The van der Waals surface area contributed by atoms with Crippen molar-refractivity contribution < 1.29 is 13.9 Å². The number of halogens is 1. The normalized spacial score (nSPS) is 11.2. The smallest absolute Gasteiger partial charge is 0.266 e. The van der Waals surface area contributed by atoms with Gasteiger partial charge in [-0.3, -0.25) is 9.69 Å². The summed E-state index contributed by atoms with van der Waals surface area (Å²) in [5.74, 6) is -0.0723. The summed E-state index contributed by atoms with van der Waals surface area (Å²) in [6, 6.07) is 11.7. The SMILES string of the molecule is CSc1ccc2nc(N(CCN(C)C)C(=O)COc3ccc(F)cc3)sc2c1. The van der Waals surface area contributed by atoms with Gasteiger partial charge in [0.1, 0.15) is 11.6 Å². The Balaban J connectivity index is 1.79. The molecule has 0 fully saturated rings. The minimum absolute atomic E-state index is 0.134. The van der Waals surface area contributed by atoms with E-state index in [0.29, 0.717) is 24.0 Å². The maximum atomic E-state index is 13.0. The van der Waals surface area contributed by atoms with Gasteiger partial charge in [0.15, 0.2) is 11.7 Å². The van der Waals surface area contributed by atoms with E-state index in [1.807, 2.05) is 37.4 Å². The number of ether oxygens (including phenoxy) is 1. The molecular formula is C20H22FN3O2S2. The van der Waals surface area contributed by atoms with Gasteiger partial charge in [-0.1, -0.05) is 11.3 Å². The fraction of sp³-hybridized carbons (Fsp3) is 0.300. The van der Waals surface area contributed by atoms with E-state index in [-0.39, 0.29) is 18.3 Å². The first-order chi connectivity index (χ1) is 13.5. The highest BCUT2D eigenvalue weighted by Crippen LogP contribution is 2.31. The molecule has 0 bridgehead atoms. The largest absolute Gasteiger partial charge is 0.484 e. The number of hydrogen-bond donors (Lipinski definition) is 0. The number of carbonyl (C=O) groups excluding carboxylic acids is 1. The lowest BCUT2D eigenvalue weighted by Gasteiger charge is -2.22. The molecular weight excluding hydrogens is 397 g/mol. The highest BCUT2D eigenvalue weighted by molar-refractivity contribution is 7.98. The lowest BCUT2D eigenvalue weighted by Crippen LogP contribution is -2.39. The number of hydrogen-bond acceptors (Lipinski definition) is 6. The van der Waals surface area contributed by atoms with Crippen LogP contribution in [0.2, 0.25) is 0 Å². The van der Waals surface area contributed by atoms with Gasteiger partial charge >= 0.3 is 0 Å². The van der Waals surface area contributed by atoms with Crippen molar-refractivity contribution in [3.8, 4) is 5.75 Å². The number of nitrogens with zero attached hydrogens (tertiary/aromatic N) is 3. The van der Waals surface area contributed by atoms with Gasteiger partial charge in [0.25, 0.3) is 5.91 Å². The Morgan fingerprint density at radius 2 is 1.93 bits per heavy atom. The molecule has 0 N–H and O–H groups in total. The number of benzene rings is 2. The fourth-order valence-corrected chi connectivity index (χ4v) is 4.08. The number of carbonyl (C=O) groups is 1. The molecule has 0 atom stereocenters. The molecule has 8 heteroatoms. The molecule has 1 amide bonds. The molecule has 0 aliphatic carbocycles. The van der Waals surface area contributed by atoms with Crippen molar-refractivity contribution in [2.75, 3.05) is 44.9 Å². The predicted molar refractivity (Wildman–Crippen MR) is 114 cm³/mol. The summed E-state index contributed by atoms with van der Waals surface area (Å²) in [6.07, 6.45) is 2.03. The van der Waals surface area contributed by atoms with Crippen molar-refractivity contribution in [2.45, 2.75) is 4.90 Å². The second-order valence-electron chi connectivity index (χ2n) is 6.42. The molecule has 148 valence electrons. The molecule has 3 rings (SSSR count). The average molecular weight is 420 g/mol. The van der Waals surface area contributed by atoms with Gasteiger partial charge in [0.2, 0.25) is 0 Å². The number of rotatable bonds is 8. The van der Waals surface area contributed by atoms with Gasteiger partial charge < -0.3 is 9.64 Å². The number of anilines is 1. The summed E-state index contributed by atoms with van der Waals surface area (Å²) in [4.78, 5) is 22.3. The molecule has 1 aromatic heterocycles. The van der Waals surface area contributed by atoms with E-state index < -0.39 is 0 Å². The summed E-state index contributed by atoms with van der Waals surface area (Å²) in [6.45, 7) is 1.08. The highest BCUT2D eigenvalue weighted by atomic mass is 32.2. The lowest BCUT2D eigenvalue weighted by atomic mass is 10.3. The molecule has 0 saturated carbocycles. The van der Waals surface area contributed by atoms with Crippen LogP contribution in [0.25, 0.3) is 10.2 Å². The van der Waals surface area contributed by atoms with Crippen molar-refractivity contribution in [2.24, 2.45) is 0 Å². The summed E-state index contributed by atoms with van der Waals surface area (Å²) in [5, 5.41) is 0.655. The van der Waals surface area contributed by atoms with E-state index in [1.165, 1.54) is 35.6 Å². The number of thiazole rings is 1. The van der Waals surface area contributed by atoms with Crippen molar-refractivity contribution >= 4 is 44.4 Å². The molecule has 0 aliphatic heterocycles. The van der Waals surface area contributed by atoms with E-state index in [0.717, 1.165) is 15.1 Å². The molecule has 28 heavy (non-hydrogen) atoms. The Kier molecular flexibility index (Phi) is 6.88. The first kappa shape index (κ1) is 20.6. The van der Waals surface area contributed by atoms with Crippen LogP contribution in [0.1, 0.15) is 0 Å². The minimum atomic E-state index is -0.342.